The van der Waals surface area contributed by atoms with Gasteiger partial charge in [-0.05, 0) is 36.6 Å². The van der Waals surface area contributed by atoms with Crippen LogP contribution in [0.1, 0.15) is 41.3 Å². The van der Waals surface area contributed by atoms with Crippen LogP contribution in [0, 0.1) is 0 Å². The van der Waals surface area contributed by atoms with E-state index in [0.29, 0.717) is 5.92 Å². The van der Waals surface area contributed by atoms with Crippen LogP contribution in [-0.4, -0.2) is 32.6 Å². The molecule has 0 amide bonds. The Morgan fingerprint density at radius 2 is 1.68 bits per heavy atom. The average Bonchev–Trinajstić information content (AvgIpc) is 3.24. The fraction of sp³-hybridized carbons (Fsp3) is 0.308. The molecule has 2 aromatic heterocycles. The van der Waals surface area contributed by atoms with Gasteiger partial charge in [0.05, 0.1) is 11.4 Å². The number of hydrogen-bond donors (Lipinski definition) is 1. The molecule has 31 heavy (non-hydrogen) atoms. The Morgan fingerprint density at radius 1 is 0.903 bits per heavy atom. The van der Waals surface area contributed by atoms with Crippen molar-refractivity contribution >= 4 is 5.65 Å². The van der Waals surface area contributed by atoms with Crippen LogP contribution in [0.15, 0.2) is 79.0 Å². The molecule has 158 valence electrons. The van der Waals surface area contributed by atoms with E-state index in [0.717, 1.165) is 44.1 Å². The number of hydrogen-bond acceptors (Lipinski definition) is 4. The molecule has 1 saturated heterocycles. The molecule has 5 rings (SSSR count). The standard InChI is InChI=1S/C26H29N5/c1-3-8-21(9-4-1)17-27-18-24-16-26-28-14-13-25(31(26)29-24)23-12-7-15-30(20-23)19-22-10-5-2-6-11-22/h1-6,8-11,13-14,16,23,27H,7,12,15,17-20H2. The van der Waals surface area contributed by atoms with Crippen LogP contribution in [0.5, 0.6) is 0 Å². The van der Waals surface area contributed by atoms with Gasteiger partial charge in [0.1, 0.15) is 0 Å². The molecule has 1 fully saturated rings. The first kappa shape index (κ1) is 19.9. The average molecular weight is 412 g/mol. The Morgan fingerprint density at radius 3 is 2.48 bits per heavy atom. The quantitative estimate of drug-likeness (QED) is 0.490. The van der Waals surface area contributed by atoms with E-state index in [1.165, 1.54) is 29.7 Å². The van der Waals surface area contributed by atoms with E-state index in [4.69, 9.17) is 5.10 Å². The normalized spacial score (nSPS) is 17.2. The SMILES string of the molecule is c1ccc(CNCc2cc3nccc(C4CCCN(Cc5ccccc5)C4)n3n2)cc1. The zero-order chi connectivity index (χ0) is 20.9. The molecule has 0 radical (unpaired) electrons. The van der Waals surface area contributed by atoms with Crippen molar-refractivity contribution in [3.05, 3.63) is 102 Å². The molecule has 0 spiro atoms. The Labute approximate surface area is 183 Å². The zero-order valence-corrected chi connectivity index (χ0v) is 17.8. The summed E-state index contributed by atoms with van der Waals surface area (Å²) in [5.74, 6) is 0.480. The second-order valence-electron chi connectivity index (χ2n) is 8.42. The summed E-state index contributed by atoms with van der Waals surface area (Å²) < 4.78 is 2.07. The molecule has 3 heterocycles. The first-order valence-corrected chi connectivity index (χ1v) is 11.2. The molecule has 1 atom stereocenters. The highest BCUT2D eigenvalue weighted by Gasteiger charge is 2.24. The maximum Gasteiger partial charge on any atom is 0.155 e. The Kier molecular flexibility index (Phi) is 6.05. The van der Waals surface area contributed by atoms with Crippen molar-refractivity contribution in [1.29, 1.82) is 0 Å². The Balaban J connectivity index is 1.28. The van der Waals surface area contributed by atoms with Crippen LogP contribution in [0.3, 0.4) is 0 Å². The monoisotopic (exact) mass is 411 g/mol. The highest BCUT2D eigenvalue weighted by molar-refractivity contribution is 5.41. The lowest BCUT2D eigenvalue weighted by atomic mass is 9.94. The maximum absolute atomic E-state index is 4.90. The van der Waals surface area contributed by atoms with Gasteiger partial charge in [0, 0.05) is 44.4 Å². The van der Waals surface area contributed by atoms with Gasteiger partial charge in [0.15, 0.2) is 5.65 Å². The summed E-state index contributed by atoms with van der Waals surface area (Å²) in [5, 5.41) is 8.40. The second kappa shape index (κ2) is 9.41. The largest absolute Gasteiger partial charge is 0.307 e. The van der Waals surface area contributed by atoms with Crippen LogP contribution in [0.2, 0.25) is 0 Å². The van der Waals surface area contributed by atoms with Crippen LogP contribution in [-0.2, 0) is 19.6 Å². The van der Waals surface area contributed by atoms with Crippen molar-refractivity contribution in [2.45, 2.75) is 38.4 Å². The summed E-state index contributed by atoms with van der Waals surface area (Å²) >= 11 is 0. The predicted octanol–water partition coefficient (Wildman–Crippen LogP) is 4.40. The summed E-state index contributed by atoms with van der Waals surface area (Å²) in [5.41, 5.74) is 5.92. The number of nitrogens with one attached hydrogen (secondary N) is 1. The van der Waals surface area contributed by atoms with Gasteiger partial charge in [-0.15, -0.1) is 0 Å². The van der Waals surface area contributed by atoms with E-state index in [2.05, 4.69) is 86.4 Å². The lowest BCUT2D eigenvalue weighted by molar-refractivity contribution is 0.197. The first-order chi connectivity index (χ1) is 15.3. The summed E-state index contributed by atoms with van der Waals surface area (Å²) in [6, 6.07) is 25.5. The van der Waals surface area contributed by atoms with Gasteiger partial charge in [0.25, 0.3) is 0 Å². The predicted molar refractivity (Wildman–Crippen MR) is 124 cm³/mol. The van der Waals surface area contributed by atoms with E-state index in [-0.39, 0.29) is 0 Å². The van der Waals surface area contributed by atoms with Gasteiger partial charge in [-0.25, -0.2) is 9.50 Å². The molecular weight excluding hydrogens is 382 g/mol. The number of rotatable bonds is 7. The number of benzene rings is 2. The van der Waals surface area contributed by atoms with E-state index >= 15 is 0 Å². The summed E-state index contributed by atoms with van der Waals surface area (Å²) in [6.07, 6.45) is 4.35. The molecule has 1 aliphatic rings. The van der Waals surface area contributed by atoms with Crippen LogP contribution in [0.4, 0.5) is 0 Å². The Hall–Kier alpha value is -3.02. The summed E-state index contributed by atoms with van der Waals surface area (Å²) in [7, 11) is 0. The highest BCUT2D eigenvalue weighted by Crippen LogP contribution is 2.28. The summed E-state index contributed by atoms with van der Waals surface area (Å²) in [4.78, 5) is 7.14. The molecule has 2 aromatic carbocycles. The molecule has 0 bridgehead atoms. The van der Waals surface area contributed by atoms with Crippen LogP contribution >= 0.6 is 0 Å². The minimum atomic E-state index is 0.480. The minimum Gasteiger partial charge on any atom is -0.307 e. The third kappa shape index (κ3) is 4.84. The number of likely N-dealkylation sites (tertiary alicyclic amines) is 1. The van der Waals surface area contributed by atoms with Crippen molar-refractivity contribution in [2.24, 2.45) is 0 Å². The molecule has 1 N–H and O–H groups in total. The minimum absolute atomic E-state index is 0.480. The number of aromatic nitrogens is 3. The lowest BCUT2D eigenvalue weighted by Gasteiger charge is -2.33. The molecule has 0 aliphatic carbocycles. The van der Waals surface area contributed by atoms with Crippen molar-refractivity contribution < 1.29 is 0 Å². The van der Waals surface area contributed by atoms with Crippen LogP contribution in [0.25, 0.3) is 5.65 Å². The number of nitrogens with zero attached hydrogens (tertiary/aromatic N) is 4. The number of fused-ring (bicyclic) bond motifs is 1. The van der Waals surface area contributed by atoms with Gasteiger partial charge in [-0.3, -0.25) is 4.90 Å². The number of piperidine rings is 1. The first-order valence-electron chi connectivity index (χ1n) is 11.2. The molecule has 5 heteroatoms. The van der Waals surface area contributed by atoms with Gasteiger partial charge in [-0.1, -0.05) is 60.7 Å². The molecule has 5 nitrogen and oxygen atoms in total. The summed E-state index contributed by atoms with van der Waals surface area (Å²) in [6.45, 7) is 4.82. The third-order valence-electron chi connectivity index (χ3n) is 6.09. The topological polar surface area (TPSA) is 45.5 Å². The van der Waals surface area contributed by atoms with Gasteiger partial charge < -0.3 is 5.32 Å². The maximum atomic E-state index is 4.90. The fourth-order valence-electron chi connectivity index (χ4n) is 4.57. The van der Waals surface area contributed by atoms with Gasteiger partial charge in [-0.2, -0.15) is 5.10 Å². The van der Waals surface area contributed by atoms with E-state index in [1.807, 2.05) is 12.3 Å². The van der Waals surface area contributed by atoms with E-state index in [9.17, 15) is 0 Å². The molecule has 4 aromatic rings. The van der Waals surface area contributed by atoms with E-state index in [1.54, 1.807) is 0 Å². The third-order valence-corrected chi connectivity index (χ3v) is 6.09. The smallest absolute Gasteiger partial charge is 0.155 e. The molecule has 1 aliphatic heterocycles. The van der Waals surface area contributed by atoms with E-state index < -0.39 is 0 Å². The second-order valence-corrected chi connectivity index (χ2v) is 8.42. The van der Waals surface area contributed by atoms with Crippen molar-refractivity contribution in [1.82, 2.24) is 24.8 Å². The van der Waals surface area contributed by atoms with Crippen molar-refractivity contribution in [3.8, 4) is 0 Å². The molecular formula is C26H29N5. The molecule has 0 saturated carbocycles. The van der Waals surface area contributed by atoms with Crippen molar-refractivity contribution in [3.63, 3.8) is 0 Å². The zero-order valence-electron chi connectivity index (χ0n) is 17.8. The van der Waals surface area contributed by atoms with Crippen LogP contribution < -0.4 is 5.32 Å². The lowest BCUT2D eigenvalue weighted by Crippen LogP contribution is -2.34. The van der Waals surface area contributed by atoms with Crippen molar-refractivity contribution in [2.75, 3.05) is 13.1 Å². The highest BCUT2D eigenvalue weighted by atomic mass is 15.3. The van der Waals surface area contributed by atoms with Gasteiger partial charge in [0.2, 0.25) is 0 Å². The van der Waals surface area contributed by atoms with Gasteiger partial charge >= 0.3 is 0 Å². The Bertz CT molecular complexity index is 1110. The fourth-order valence-corrected chi connectivity index (χ4v) is 4.57. The molecule has 1 unspecified atom stereocenters.